The Kier molecular flexibility index (Phi) is 8.47. The van der Waals surface area contributed by atoms with Gasteiger partial charge in [-0.15, -0.1) is 0 Å². The van der Waals surface area contributed by atoms with Crippen molar-refractivity contribution in [1.29, 1.82) is 0 Å². The van der Waals surface area contributed by atoms with Crippen LogP contribution in [0.5, 0.6) is 0 Å². The van der Waals surface area contributed by atoms with E-state index in [2.05, 4.69) is 5.32 Å². The van der Waals surface area contributed by atoms with Crippen LogP contribution in [0, 0.1) is 5.92 Å². The lowest BCUT2D eigenvalue weighted by molar-refractivity contribution is -0.154. The third-order valence-corrected chi connectivity index (χ3v) is 4.59. The van der Waals surface area contributed by atoms with E-state index in [1.54, 1.807) is 6.92 Å². The van der Waals surface area contributed by atoms with Crippen molar-refractivity contribution in [3.63, 3.8) is 0 Å². The van der Waals surface area contributed by atoms with E-state index in [-0.39, 0.29) is 25.4 Å². The van der Waals surface area contributed by atoms with Crippen molar-refractivity contribution in [2.24, 2.45) is 5.92 Å². The molecular weight excluding hydrogens is 357 g/mol. The molecule has 0 aliphatic rings. The molecule has 1 amide bonds. The molecule has 8 heteroatoms. The van der Waals surface area contributed by atoms with Gasteiger partial charge in [-0.05, 0) is 24.8 Å². The summed E-state index contributed by atoms with van der Waals surface area (Å²) in [6.45, 7) is 5.73. The second-order valence-electron chi connectivity index (χ2n) is 6.75. The minimum atomic E-state index is -4.29. The largest absolute Gasteiger partial charge is 0.464 e. The number of amides is 1. The van der Waals surface area contributed by atoms with E-state index in [0.29, 0.717) is 6.42 Å². The van der Waals surface area contributed by atoms with Crippen molar-refractivity contribution in [1.82, 2.24) is 5.32 Å². The van der Waals surface area contributed by atoms with Crippen molar-refractivity contribution < 1.29 is 28.7 Å². The molecule has 26 heavy (non-hydrogen) atoms. The number of carbonyl (C=O) groups excluding carboxylic acids is 2. The van der Waals surface area contributed by atoms with Crippen LogP contribution in [0.1, 0.15) is 39.2 Å². The Balaban J connectivity index is 3.12. The van der Waals surface area contributed by atoms with Gasteiger partial charge in [-0.1, -0.05) is 44.2 Å². The molecule has 0 saturated heterocycles. The predicted octanol–water partition coefficient (Wildman–Crippen LogP) is 2.26. The molecule has 0 radical (unpaired) electrons. The molecule has 146 valence electrons. The molecule has 3 N–H and O–H groups in total. The monoisotopic (exact) mass is 385 g/mol. The van der Waals surface area contributed by atoms with E-state index in [9.17, 15) is 14.2 Å². The van der Waals surface area contributed by atoms with Gasteiger partial charge < -0.3 is 19.8 Å². The van der Waals surface area contributed by atoms with E-state index >= 15 is 0 Å². The highest BCUT2D eigenvalue weighted by Crippen LogP contribution is 2.35. The number of hydrogen-bond acceptors (Lipinski definition) is 4. The molecule has 0 aliphatic carbocycles. The third kappa shape index (κ3) is 7.68. The second kappa shape index (κ2) is 9.86. The average molecular weight is 385 g/mol. The molecule has 0 unspecified atom stereocenters. The van der Waals surface area contributed by atoms with Crippen molar-refractivity contribution in [2.75, 3.05) is 12.8 Å². The molecule has 1 atom stereocenters. The first-order chi connectivity index (χ1) is 12.1. The van der Waals surface area contributed by atoms with Crippen LogP contribution in [0.2, 0.25) is 0 Å². The summed E-state index contributed by atoms with van der Waals surface area (Å²) in [6.07, 6.45) is -0.335. The van der Waals surface area contributed by atoms with Gasteiger partial charge in [0.05, 0.1) is 12.8 Å². The molecule has 0 fully saturated rings. The van der Waals surface area contributed by atoms with E-state index in [1.807, 2.05) is 44.2 Å². The fraction of sp³-hybridized carbons (Fsp3) is 0.556. The first-order valence-corrected chi connectivity index (χ1v) is 10.4. The molecule has 0 heterocycles. The smallest absolute Gasteiger partial charge is 0.332 e. The minimum absolute atomic E-state index is 0.0881. The summed E-state index contributed by atoms with van der Waals surface area (Å²) in [4.78, 5) is 43.0. The van der Waals surface area contributed by atoms with Crippen LogP contribution in [0.4, 0.5) is 0 Å². The molecule has 0 saturated carbocycles. The number of rotatable bonds is 10. The van der Waals surface area contributed by atoms with E-state index in [1.165, 1.54) is 0 Å². The number of nitrogens with one attached hydrogen (secondary N) is 1. The molecule has 0 aromatic heterocycles. The summed E-state index contributed by atoms with van der Waals surface area (Å²) >= 11 is 0. The Bertz CT molecular complexity index is 642. The average Bonchev–Trinajstić information content (AvgIpc) is 2.52. The van der Waals surface area contributed by atoms with Gasteiger partial charge in [-0.2, -0.15) is 0 Å². The lowest BCUT2D eigenvalue weighted by Crippen LogP contribution is -2.57. The zero-order valence-corrected chi connectivity index (χ0v) is 16.4. The van der Waals surface area contributed by atoms with Gasteiger partial charge in [0.1, 0.15) is 5.54 Å². The molecule has 1 aromatic carbocycles. The van der Waals surface area contributed by atoms with Crippen LogP contribution in [-0.2, 0) is 25.3 Å². The molecule has 0 spiro atoms. The first kappa shape index (κ1) is 22.4. The molecule has 1 aromatic rings. The van der Waals surface area contributed by atoms with E-state index in [4.69, 9.17) is 14.5 Å². The van der Waals surface area contributed by atoms with Gasteiger partial charge in [0.15, 0.2) is 0 Å². The summed E-state index contributed by atoms with van der Waals surface area (Å²) in [6, 6.07) is 9.26. The molecule has 1 rings (SSSR count). The molecule has 0 aliphatic heterocycles. The highest BCUT2D eigenvalue weighted by atomic mass is 31.2. The van der Waals surface area contributed by atoms with Crippen LogP contribution in [0.3, 0.4) is 0 Å². The topological polar surface area (TPSA) is 113 Å². The number of carbonyl (C=O) groups is 2. The van der Waals surface area contributed by atoms with E-state index in [0.717, 1.165) is 5.56 Å². The van der Waals surface area contributed by atoms with Crippen molar-refractivity contribution in [3.8, 4) is 0 Å². The molecule has 7 nitrogen and oxygen atoms in total. The van der Waals surface area contributed by atoms with Crippen LogP contribution < -0.4 is 5.32 Å². The van der Waals surface area contributed by atoms with Crippen LogP contribution in [0.25, 0.3) is 0 Å². The number of benzene rings is 1. The summed E-state index contributed by atoms with van der Waals surface area (Å²) in [5, 5.41) is 2.71. The highest BCUT2D eigenvalue weighted by molar-refractivity contribution is 7.51. The fourth-order valence-corrected chi connectivity index (χ4v) is 3.36. The van der Waals surface area contributed by atoms with Gasteiger partial charge in [-0.25, -0.2) is 4.79 Å². The lowest BCUT2D eigenvalue weighted by Gasteiger charge is -2.34. The van der Waals surface area contributed by atoms with Crippen molar-refractivity contribution in [3.05, 3.63) is 35.9 Å². The maximum atomic E-state index is 12.8. The highest BCUT2D eigenvalue weighted by Gasteiger charge is 2.42. The Morgan fingerprint density at radius 3 is 2.35 bits per heavy atom. The SMILES string of the molecule is CCOC(=O)[C@](Cc1ccccc1)(CC(C)C)NC(=O)CCP(=O)(O)O. The number of ether oxygens (including phenoxy) is 1. The zero-order chi connectivity index (χ0) is 19.8. The summed E-state index contributed by atoms with van der Waals surface area (Å²) in [5.41, 5.74) is -0.422. The van der Waals surface area contributed by atoms with Gasteiger partial charge in [0, 0.05) is 12.8 Å². The first-order valence-electron chi connectivity index (χ1n) is 8.64. The molecular formula is C18H28NO6P. The van der Waals surface area contributed by atoms with Gasteiger partial charge in [0.2, 0.25) is 5.91 Å². The van der Waals surface area contributed by atoms with Crippen molar-refractivity contribution in [2.45, 2.75) is 45.6 Å². The number of esters is 1. The third-order valence-electron chi connectivity index (χ3n) is 3.78. The number of hydrogen-bond donors (Lipinski definition) is 3. The fourth-order valence-electron chi connectivity index (χ4n) is 2.86. The van der Waals surface area contributed by atoms with Crippen LogP contribution >= 0.6 is 7.60 Å². The maximum absolute atomic E-state index is 12.8. The zero-order valence-electron chi connectivity index (χ0n) is 15.5. The Hall–Kier alpha value is -1.69. The normalized spacial score (nSPS) is 13.9. The quantitative estimate of drug-likeness (QED) is 0.421. The summed E-state index contributed by atoms with van der Waals surface area (Å²) < 4.78 is 16.2. The van der Waals surface area contributed by atoms with Gasteiger partial charge >= 0.3 is 13.6 Å². The minimum Gasteiger partial charge on any atom is -0.464 e. The maximum Gasteiger partial charge on any atom is 0.332 e. The second-order valence-corrected chi connectivity index (χ2v) is 8.53. The van der Waals surface area contributed by atoms with Gasteiger partial charge in [0.25, 0.3) is 0 Å². The predicted molar refractivity (Wildman–Crippen MR) is 98.6 cm³/mol. The summed E-state index contributed by atoms with van der Waals surface area (Å²) in [7, 11) is -4.29. The van der Waals surface area contributed by atoms with E-state index < -0.39 is 31.2 Å². The Labute approximate surface area is 154 Å². The Morgan fingerprint density at radius 2 is 1.85 bits per heavy atom. The lowest BCUT2D eigenvalue weighted by atomic mass is 9.83. The van der Waals surface area contributed by atoms with Crippen LogP contribution in [-0.4, -0.2) is 40.0 Å². The van der Waals surface area contributed by atoms with Gasteiger partial charge in [-0.3, -0.25) is 9.36 Å². The van der Waals surface area contributed by atoms with Crippen molar-refractivity contribution >= 4 is 19.5 Å². The summed E-state index contributed by atoms with van der Waals surface area (Å²) in [5.74, 6) is -1.04. The standard InChI is InChI=1S/C18H28NO6P/c1-4-25-17(21)18(12-14(2)3,13-15-8-6-5-7-9-15)19-16(20)10-11-26(22,23)24/h5-9,14H,4,10-13H2,1-3H3,(H,19,20)(H2,22,23,24)/t18-/m1/s1. The van der Waals surface area contributed by atoms with Crippen LogP contribution in [0.15, 0.2) is 30.3 Å². The Morgan fingerprint density at radius 1 is 1.23 bits per heavy atom. The molecule has 0 bridgehead atoms.